The lowest BCUT2D eigenvalue weighted by Gasteiger charge is -2.24. The van der Waals surface area contributed by atoms with E-state index in [0.29, 0.717) is 21.5 Å². The predicted molar refractivity (Wildman–Crippen MR) is 79.9 cm³/mol. The first kappa shape index (κ1) is 15.3. The van der Waals surface area contributed by atoms with Crippen LogP contribution in [0.3, 0.4) is 0 Å². The molecule has 1 saturated heterocycles. The van der Waals surface area contributed by atoms with E-state index in [1.165, 1.54) is 20.0 Å². The number of aromatic nitrogens is 1. The number of aliphatic hydroxyl groups is 1. The van der Waals surface area contributed by atoms with Crippen LogP contribution in [0.2, 0.25) is 0 Å². The summed E-state index contributed by atoms with van der Waals surface area (Å²) in [5, 5.41) is 9.36. The normalized spacial score (nSPS) is 15.8. The number of aliphatic hydroxyl groups excluding tert-OH is 1. The first-order valence-electron chi connectivity index (χ1n) is 6.81. The van der Waals surface area contributed by atoms with Crippen LogP contribution in [-0.2, 0) is 11.3 Å². The van der Waals surface area contributed by atoms with E-state index in [-0.39, 0.29) is 6.61 Å². The Morgan fingerprint density at radius 1 is 1.40 bits per heavy atom. The first-order valence-corrected chi connectivity index (χ1v) is 7.60. The Bertz CT molecular complexity index is 486. The Balaban J connectivity index is 2.43. The van der Waals surface area contributed by atoms with Gasteiger partial charge in [-0.2, -0.15) is 0 Å². The van der Waals surface area contributed by atoms with Crippen LogP contribution in [0.4, 0.5) is 5.82 Å². The second-order valence-corrected chi connectivity index (χ2v) is 5.69. The second-order valence-electron chi connectivity index (χ2n) is 4.84. The summed E-state index contributed by atoms with van der Waals surface area (Å²) >= 11 is 3.33. The molecule has 0 saturated carbocycles. The minimum absolute atomic E-state index is 0.164. The van der Waals surface area contributed by atoms with Crippen molar-refractivity contribution in [2.24, 2.45) is 0 Å². The van der Waals surface area contributed by atoms with Gasteiger partial charge in [-0.1, -0.05) is 12.8 Å². The Labute approximate surface area is 127 Å². The molecule has 20 heavy (non-hydrogen) atoms. The van der Waals surface area contributed by atoms with E-state index in [1.807, 2.05) is 0 Å². The molecule has 2 rings (SSSR count). The molecule has 5 nitrogen and oxygen atoms in total. The van der Waals surface area contributed by atoms with E-state index in [4.69, 9.17) is 4.74 Å². The quantitative estimate of drug-likeness (QED) is 0.855. The molecule has 1 fully saturated rings. The van der Waals surface area contributed by atoms with Gasteiger partial charge in [0.05, 0.1) is 19.4 Å². The molecule has 0 spiro atoms. The zero-order valence-corrected chi connectivity index (χ0v) is 13.1. The van der Waals surface area contributed by atoms with Crippen molar-refractivity contribution in [3.8, 4) is 0 Å². The standard InChI is InChI=1S/C14H19BrN2O3/c1-20-14(19)10-8-11(15)12(9-18)16-13(10)17-6-4-2-3-5-7-17/h8,18H,2-7,9H2,1H3. The Morgan fingerprint density at radius 2 is 2.05 bits per heavy atom. The minimum atomic E-state index is -0.401. The molecule has 2 heterocycles. The zero-order valence-electron chi connectivity index (χ0n) is 11.6. The molecule has 6 heteroatoms. The third-order valence-electron chi connectivity index (χ3n) is 3.49. The summed E-state index contributed by atoms with van der Waals surface area (Å²) in [5.74, 6) is 0.216. The number of anilines is 1. The summed E-state index contributed by atoms with van der Waals surface area (Å²) < 4.78 is 5.46. The molecule has 1 N–H and O–H groups in total. The number of methoxy groups -OCH3 is 1. The van der Waals surface area contributed by atoms with E-state index in [1.54, 1.807) is 6.07 Å². The van der Waals surface area contributed by atoms with Crippen LogP contribution in [0.5, 0.6) is 0 Å². The van der Waals surface area contributed by atoms with Crippen molar-refractivity contribution in [2.75, 3.05) is 25.1 Å². The fraction of sp³-hybridized carbons (Fsp3) is 0.571. The Kier molecular flexibility index (Phi) is 5.37. The maximum Gasteiger partial charge on any atom is 0.341 e. The molecule has 0 atom stereocenters. The van der Waals surface area contributed by atoms with E-state index >= 15 is 0 Å². The number of pyridine rings is 1. The molecule has 0 aliphatic carbocycles. The lowest BCUT2D eigenvalue weighted by molar-refractivity contribution is 0.0600. The average Bonchev–Trinajstić information content (AvgIpc) is 2.75. The number of halogens is 1. The smallest absolute Gasteiger partial charge is 0.341 e. The number of hydrogen-bond donors (Lipinski definition) is 1. The molecule has 0 unspecified atom stereocenters. The zero-order chi connectivity index (χ0) is 14.5. The average molecular weight is 343 g/mol. The summed E-state index contributed by atoms with van der Waals surface area (Å²) in [5.41, 5.74) is 0.982. The van der Waals surface area contributed by atoms with Crippen LogP contribution in [-0.4, -0.2) is 36.3 Å². The molecule has 1 aliphatic rings. The number of rotatable bonds is 3. The van der Waals surface area contributed by atoms with E-state index in [9.17, 15) is 9.90 Å². The summed E-state index contributed by atoms with van der Waals surface area (Å²) in [6.07, 6.45) is 4.58. The summed E-state index contributed by atoms with van der Waals surface area (Å²) in [6.45, 7) is 1.59. The fourth-order valence-corrected chi connectivity index (χ4v) is 2.85. The van der Waals surface area contributed by atoms with Gasteiger partial charge in [0.25, 0.3) is 0 Å². The van der Waals surface area contributed by atoms with E-state index in [0.717, 1.165) is 25.9 Å². The van der Waals surface area contributed by atoms with Crippen LogP contribution >= 0.6 is 15.9 Å². The van der Waals surface area contributed by atoms with Crippen molar-refractivity contribution in [3.05, 3.63) is 21.8 Å². The third-order valence-corrected chi connectivity index (χ3v) is 4.18. The van der Waals surface area contributed by atoms with Gasteiger partial charge >= 0.3 is 5.97 Å². The van der Waals surface area contributed by atoms with Gasteiger partial charge in [-0.25, -0.2) is 9.78 Å². The minimum Gasteiger partial charge on any atom is -0.465 e. The highest BCUT2D eigenvalue weighted by Crippen LogP contribution is 2.27. The van der Waals surface area contributed by atoms with Gasteiger partial charge < -0.3 is 14.7 Å². The molecule has 0 amide bonds. The molecule has 1 aromatic heterocycles. The van der Waals surface area contributed by atoms with Crippen molar-refractivity contribution in [1.29, 1.82) is 0 Å². The van der Waals surface area contributed by atoms with Gasteiger partial charge in [-0.15, -0.1) is 0 Å². The Hall–Kier alpha value is -1.14. The van der Waals surface area contributed by atoms with Crippen LogP contribution in [0, 0.1) is 0 Å². The van der Waals surface area contributed by atoms with Crippen LogP contribution in [0.15, 0.2) is 10.5 Å². The Morgan fingerprint density at radius 3 is 2.60 bits per heavy atom. The van der Waals surface area contributed by atoms with Crippen LogP contribution in [0.25, 0.3) is 0 Å². The monoisotopic (exact) mass is 342 g/mol. The number of ether oxygens (including phenoxy) is 1. The SMILES string of the molecule is COC(=O)c1cc(Br)c(CO)nc1N1CCCCCC1. The third kappa shape index (κ3) is 3.30. The molecular weight excluding hydrogens is 324 g/mol. The van der Waals surface area contributed by atoms with E-state index in [2.05, 4.69) is 25.8 Å². The molecule has 1 aliphatic heterocycles. The van der Waals surface area contributed by atoms with Crippen LogP contribution in [0.1, 0.15) is 41.7 Å². The van der Waals surface area contributed by atoms with Crippen LogP contribution < -0.4 is 4.90 Å². The number of esters is 1. The molecular formula is C14H19BrN2O3. The first-order chi connectivity index (χ1) is 9.67. The van der Waals surface area contributed by atoms with Gasteiger partial charge in [0.2, 0.25) is 0 Å². The number of hydrogen-bond acceptors (Lipinski definition) is 5. The number of carbonyl (C=O) groups excluding carboxylic acids is 1. The molecule has 0 radical (unpaired) electrons. The summed E-state index contributed by atoms with van der Waals surface area (Å²) in [7, 11) is 1.36. The van der Waals surface area contributed by atoms with Crippen molar-refractivity contribution < 1.29 is 14.6 Å². The topological polar surface area (TPSA) is 62.7 Å². The molecule has 0 aromatic carbocycles. The predicted octanol–water partition coefficient (Wildman–Crippen LogP) is 2.50. The highest BCUT2D eigenvalue weighted by atomic mass is 79.9. The van der Waals surface area contributed by atoms with Gasteiger partial charge in [0.15, 0.2) is 0 Å². The largest absolute Gasteiger partial charge is 0.465 e. The lowest BCUT2D eigenvalue weighted by atomic mass is 10.2. The van der Waals surface area contributed by atoms with Crippen molar-refractivity contribution in [1.82, 2.24) is 4.98 Å². The fourth-order valence-electron chi connectivity index (χ4n) is 2.41. The molecule has 110 valence electrons. The van der Waals surface area contributed by atoms with E-state index < -0.39 is 5.97 Å². The summed E-state index contributed by atoms with van der Waals surface area (Å²) in [6, 6.07) is 1.69. The van der Waals surface area contributed by atoms with Crippen molar-refractivity contribution in [3.63, 3.8) is 0 Å². The molecule has 0 bridgehead atoms. The molecule has 1 aromatic rings. The van der Waals surface area contributed by atoms with Gasteiger partial charge in [-0.05, 0) is 34.8 Å². The highest BCUT2D eigenvalue weighted by Gasteiger charge is 2.22. The summed E-state index contributed by atoms with van der Waals surface area (Å²) in [4.78, 5) is 18.5. The van der Waals surface area contributed by atoms with Crippen molar-refractivity contribution >= 4 is 27.7 Å². The highest BCUT2D eigenvalue weighted by molar-refractivity contribution is 9.10. The maximum atomic E-state index is 11.9. The van der Waals surface area contributed by atoms with Gasteiger partial charge in [0, 0.05) is 17.6 Å². The maximum absolute atomic E-state index is 11.9. The van der Waals surface area contributed by atoms with Gasteiger partial charge in [0.1, 0.15) is 11.4 Å². The lowest BCUT2D eigenvalue weighted by Crippen LogP contribution is -2.27. The second kappa shape index (κ2) is 7.04. The van der Waals surface area contributed by atoms with Gasteiger partial charge in [-0.3, -0.25) is 0 Å². The number of nitrogens with zero attached hydrogens (tertiary/aromatic N) is 2. The number of carbonyl (C=O) groups is 1. The van der Waals surface area contributed by atoms with Crippen molar-refractivity contribution in [2.45, 2.75) is 32.3 Å².